The number of aliphatic hydroxyl groups is 1. The fourth-order valence-corrected chi connectivity index (χ4v) is 3.56. The van der Waals surface area contributed by atoms with Gasteiger partial charge in [-0.2, -0.15) is 0 Å². The highest BCUT2D eigenvalue weighted by Gasteiger charge is 2.12. The van der Waals surface area contributed by atoms with E-state index in [1.807, 2.05) is 32.0 Å². The molecule has 0 aliphatic rings. The SMILES string of the molecule is CCCN(CCO)Cc1ccc2nccc(Oc3cc(F)c(CC)cc3C)c2c1. The van der Waals surface area contributed by atoms with Crippen molar-refractivity contribution in [1.29, 1.82) is 0 Å². The second kappa shape index (κ2) is 9.81. The highest BCUT2D eigenvalue weighted by Crippen LogP contribution is 2.32. The van der Waals surface area contributed by atoms with Gasteiger partial charge in [-0.1, -0.05) is 19.9 Å². The maximum atomic E-state index is 14.3. The average Bonchev–Trinajstić information content (AvgIpc) is 2.71. The lowest BCUT2D eigenvalue weighted by Crippen LogP contribution is -2.27. The Labute approximate surface area is 172 Å². The van der Waals surface area contributed by atoms with Crippen molar-refractivity contribution < 1.29 is 14.2 Å². The molecular formula is C24H29FN2O2. The molecule has 0 fully saturated rings. The van der Waals surface area contributed by atoms with E-state index in [2.05, 4.69) is 28.9 Å². The average molecular weight is 397 g/mol. The van der Waals surface area contributed by atoms with E-state index in [-0.39, 0.29) is 12.4 Å². The minimum absolute atomic E-state index is 0.141. The first kappa shape index (κ1) is 21.2. The minimum atomic E-state index is -0.244. The normalized spacial score (nSPS) is 11.4. The molecule has 0 saturated heterocycles. The van der Waals surface area contributed by atoms with E-state index in [1.54, 1.807) is 6.20 Å². The number of aromatic nitrogens is 1. The summed E-state index contributed by atoms with van der Waals surface area (Å²) in [5.74, 6) is 0.935. The molecule has 1 heterocycles. The molecule has 0 aliphatic carbocycles. The number of pyridine rings is 1. The smallest absolute Gasteiger partial charge is 0.138 e. The van der Waals surface area contributed by atoms with Gasteiger partial charge in [0.05, 0.1) is 12.1 Å². The van der Waals surface area contributed by atoms with Gasteiger partial charge in [-0.3, -0.25) is 9.88 Å². The van der Waals surface area contributed by atoms with Gasteiger partial charge in [0, 0.05) is 30.7 Å². The van der Waals surface area contributed by atoms with Gasteiger partial charge in [-0.25, -0.2) is 4.39 Å². The van der Waals surface area contributed by atoms with Gasteiger partial charge in [0.1, 0.15) is 17.3 Å². The van der Waals surface area contributed by atoms with Crippen molar-refractivity contribution in [3.8, 4) is 11.5 Å². The third-order valence-electron chi connectivity index (χ3n) is 5.07. The molecule has 1 N–H and O–H groups in total. The molecule has 3 aromatic rings. The molecule has 4 nitrogen and oxygen atoms in total. The Balaban J connectivity index is 1.93. The quantitative estimate of drug-likeness (QED) is 0.537. The van der Waals surface area contributed by atoms with Crippen LogP contribution in [0, 0.1) is 12.7 Å². The van der Waals surface area contributed by atoms with Crippen LogP contribution in [0.1, 0.15) is 37.0 Å². The number of ether oxygens (including phenoxy) is 1. The number of nitrogens with zero attached hydrogens (tertiary/aromatic N) is 2. The summed E-state index contributed by atoms with van der Waals surface area (Å²) in [6.45, 7) is 8.46. The number of halogens is 1. The number of rotatable bonds is 9. The number of aryl methyl sites for hydroxylation is 2. The van der Waals surface area contributed by atoms with Crippen LogP contribution in [0.25, 0.3) is 10.9 Å². The van der Waals surface area contributed by atoms with Crippen molar-refractivity contribution in [2.24, 2.45) is 0 Å². The van der Waals surface area contributed by atoms with Crippen molar-refractivity contribution in [3.05, 3.63) is 65.1 Å². The van der Waals surface area contributed by atoms with Gasteiger partial charge in [0.2, 0.25) is 0 Å². The Bertz CT molecular complexity index is 968. The first-order chi connectivity index (χ1) is 14.0. The summed E-state index contributed by atoms with van der Waals surface area (Å²) in [7, 11) is 0. The lowest BCUT2D eigenvalue weighted by atomic mass is 10.1. The van der Waals surface area contributed by atoms with Crippen molar-refractivity contribution >= 4 is 10.9 Å². The summed E-state index contributed by atoms with van der Waals surface area (Å²) in [5.41, 5.74) is 3.55. The molecule has 29 heavy (non-hydrogen) atoms. The molecule has 0 aliphatic heterocycles. The van der Waals surface area contributed by atoms with Crippen molar-refractivity contribution in [2.75, 3.05) is 19.7 Å². The lowest BCUT2D eigenvalue weighted by molar-refractivity contribution is 0.190. The number of fused-ring (bicyclic) bond motifs is 1. The van der Waals surface area contributed by atoms with Crippen LogP contribution in [0.4, 0.5) is 4.39 Å². The molecule has 1 aromatic heterocycles. The van der Waals surface area contributed by atoms with Gasteiger partial charge in [-0.05, 0) is 67.3 Å². The third kappa shape index (κ3) is 5.11. The highest BCUT2D eigenvalue weighted by molar-refractivity contribution is 5.85. The van der Waals surface area contributed by atoms with Crippen LogP contribution in [0.3, 0.4) is 0 Å². The summed E-state index contributed by atoms with van der Waals surface area (Å²) in [4.78, 5) is 6.66. The number of hydrogen-bond donors (Lipinski definition) is 1. The van der Waals surface area contributed by atoms with Gasteiger partial charge >= 0.3 is 0 Å². The van der Waals surface area contributed by atoms with E-state index in [0.29, 0.717) is 30.0 Å². The Morgan fingerprint density at radius 3 is 2.62 bits per heavy atom. The van der Waals surface area contributed by atoms with E-state index in [9.17, 15) is 9.50 Å². The molecule has 0 atom stereocenters. The van der Waals surface area contributed by atoms with Gasteiger partial charge < -0.3 is 9.84 Å². The molecular weight excluding hydrogens is 367 g/mol. The number of aliphatic hydroxyl groups excluding tert-OH is 1. The zero-order valence-corrected chi connectivity index (χ0v) is 17.4. The molecule has 2 aromatic carbocycles. The first-order valence-corrected chi connectivity index (χ1v) is 10.2. The van der Waals surface area contributed by atoms with Crippen LogP contribution in [0.15, 0.2) is 42.6 Å². The summed E-state index contributed by atoms with van der Waals surface area (Å²) >= 11 is 0. The van der Waals surface area contributed by atoms with E-state index < -0.39 is 0 Å². The van der Waals surface area contributed by atoms with Crippen molar-refractivity contribution in [2.45, 2.75) is 40.2 Å². The zero-order chi connectivity index (χ0) is 20.8. The topological polar surface area (TPSA) is 45.6 Å². The van der Waals surface area contributed by atoms with Crippen LogP contribution < -0.4 is 4.74 Å². The molecule has 0 bridgehead atoms. The van der Waals surface area contributed by atoms with E-state index in [1.165, 1.54) is 6.07 Å². The highest BCUT2D eigenvalue weighted by atomic mass is 19.1. The van der Waals surface area contributed by atoms with Crippen LogP contribution in [0.5, 0.6) is 11.5 Å². The van der Waals surface area contributed by atoms with Crippen molar-refractivity contribution in [3.63, 3.8) is 0 Å². The predicted molar refractivity (Wildman–Crippen MR) is 115 cm³/mol. The summed E-state index contributed by atoms with van der Waals surface area (Å²) in [5, 5.41) is 10.2. The van der Waals surface area contributed by atoms with Gasteiger partial charge in [0.15, 0.2) is 0 Å². The molecule has 5 heteroatoms. The second-order valence-electron chi connectivity index (χ2n) is 7.33. The Hall–Kier alpha value is -2.50. The molecule has 0 radical (unpaired) electrons. The van der Waals surface area contributed by atoms with Gasteiger partial charge in [-0.15, -0.1) is 0 Å². The largest absolute Gasteiger partial charge is 0.456 e. The van der Waals surface area contributed by atoms with Gasteiger partial charge in [0.25, 0.3) is 0 Å². The lowest BCUT2D eigenvalue weighted by Gasteiger charge is -2.21. The molecule has 3 rings (SSSR count). The number of benzene rings is 2. The van der Waals surface area contributed by atoms with Crippen LogP contribution in [-0.4, -0.2) is 34.7 Å². The minimum Gasteiger partial charge on any atom is -0.456 e. The van der Waals surface area contributed by atoms with Crippen LogP contribution >= 0.6 is 0 Å². The van der Waals surface area contributed by atoms with Crippen LogP contribution in [0.2, 0.25) is 0 Å². The molecule has 0 unspecified atom stereocenters. The fourth-order valence-electron chi connectivity index (χ4n) is 3.56. The monoisotopic (exact) mass is 396 g/mol. The first-order valence-electron chi connectivity index (χ1n) is 10.2. The summed E-state index contributed by atoms with van der Waals surface area (Å²) in [6.07, 6.45) is 3.39. The predicted octanol–water partition coefficient (Wildman–Crippen LogP) is 5.24. The maximum Gasteiger partial charge on any atom is 0.138 e. The second-order valence-corrected chi connectivity index (χ2v) is 7.33. The Kier molecular flexibility index (Phi) is 7.18. The van der Waals surface area contributed by atoms with E-state index >= 15 is 0 Å². The van der Waals surface area contributed by atoms with E-state index in [0.717, 1.165) is 41.5 Å². The maximum absolute atomic E-state index is 14.3. The fraction of sp³-hybridized carbons (Fsp3) is 0.375. The zero-order valence-electron chi connectivity index (χ0n) is 17.4. The Morgan fingerprint density at radius 2 is 1.90 bits per heavy atom. The molecule has 0 spiro atoms. The third-order valence-corrected chi connectivity index (χ3v) is 5.07. The number of hydrogen-bond acceptors (Lipinski definition) is 4. The van der Waals surface area contributed by atoms with Crippen molar-refractivity contribution in [1.82, 2.24) is 9.88 Å². The molecule has 154 valence electrons. The summed E-state index contributed by atoms with van der Waals surface area (Å²) in [6, 6.07) is 11.2. The van der Waals surface area contributed by atoms with E-state index in [4.69, 9.17) is 4.74 Å². The molecule has 0 saturated carbocycles. The molecule has 0 amide bonds. The Morgan fingerprint density at radius 1 is 1.07 bits per heavy atom. The van der Waals surface area contributed by atoms with Crippen LogP contribution in [-0.2, 0) is 13.0 Å². The standard InChI is InChI=1S/C24H29FN2O2/c1-4-10-27(11-12-28)16-18-6-7-22-20(14-18)23(8-9-26-22)29-24-15-21(25)19(5-2)13-17(24)3/h6-9,13-15,28H,4-5,10-12,16H2,1-3H3. The summed E-state index contributed by atoms with van der Waals surface area (Å²) < 4.78 is 20.4.